The van der Waals surface area contributed by atoms with Gasteiger partial charge in [0.25, 0.3) is 11.1 Å². The molecule has 5 rings (SSSR count). The van der Waals surface area contributed by atoms with Gasteiger partial charge in [-0.1, -0.05) is 6.07 Å². The minimum atomic E-state index is -0.391. The Morgan fingerprint density at radius 3 is 2.73 bits per heavy atom. The number of nitrogens with one attached hydrogen (secondary N) is 2. The van der Waals surface area contributed by atoms with E-state index in [1.54, 1.807) is 31.5 Å². The summed E-state index contributed by atoms with van der Waals surface area (Å²) in [5, 5.41) is 5.48. The average Bonchev–Trinajstić information content (AvgIpc) is 3.51. The van der Waals surface area contributed by atoms with Crippen molar-refractivity contribution in [2.75, 3.05) is 24.5 Å². The van der Waals surface area contributed by atoms with Crippen molar-refractivity contribution < 1.29 is 14.4 Å². The van der Waals surface area contributed by atoms with Gasteiger partial charge in [0.15, 0.2) is 5.78 Å². The molecule has 2 aliphatic rings. The fraction of sp³-hybridized carbons (Fsp3) is 0.308. The molecule has 0 spiro atoms. The molecule has 37 heavy (non-hydrogen) atoms. The largest absolute Gasteiger partial charge is 0.341 e. The predicted octanol–water partition coefficient (Wildman–Crippen LogP) is 4.13. The highest BCUT2D eigenvalue weighted by molar-refractivity contribution is 8.18. The molecule has 3 aromatic rings. The molecule has 0 aliphatic carbocycles. The second-order valence-corrected chi connectivity index (χ2v) is 11.0. The number of pyridine rings is 1. The van der Waals surface area contributed by atoms with Crippen molar-refractivity contribution in [2.24, 2.45) is 5.92 Å². The Bertz CT molecular complexity index is 1360. The summed E-state index contributed by atoms with van der Waals surface area (Å²) >= 11 is 2.36. The summed E-state index contributed by atoms with van der Waals surface area (Å²) < 4.78 is 0. The highest BCUT2D eigenvalue weighted by Crippen LogP contribution is 2.30. The third kappa shape index (κ3) is 6.12. The van der Waals surface area contributed by atoms with Crippen LogP contribution in [0.1, 0.15) is 40.7 Å². The van der Waals surface area contributed by atoms with E-state index in [0.717, 1.165) is 65.2 Å². The number of aromatic nitrogens is 3. The molecule has 0 atom stereocenters. The molecular weight excluding hydrogens is 508 g/mol. The van der Waals surface area contributed by atoms with Crippen molar-refractivity contribution in [1.82, 2.24) is 25.6 Å². The van der Waals surface area contributed by atoms with Crippen LogP contribution < -0.4 is 15.5 Å². The maximum Gasteiger partial charge on any atom is 0.290 e. The maximum absolute atomic E-state index is 11.8. The van der Waals surface area contributed by atoms with E-state index in [4.69, 9.17) is 0 Å². The molecular formula is C26H26N6O3S2. The number of hydrogen-bond donors (Lipinski definition) is 2. The molecule has 0 bridgehead atoms. The van der Waals surface area contributed by atoms with Crippen LogP contribution >= 0.6 is 23.1 Å². The SMILES string of the molecule is CC(=O)c1ccc(-c2ncccc2CNCC2CCN(c3nccc(C=C4SC(=O)NC4=O)n3)CC2)s1. The van der Waals surface area contributed by atoms with E-state index in [9.17, 15) is 14.4 Å². The number of hydrogen-bond acceptors (Lipinski definition) is 10. The van der Waals surface area contributed by atoms with Crippen molar-refractivity contribution in [3.63, 3.8) is 0 Å². The van der Waals surface area contributed by atoms with Crippen molar-refractivity contribution in [3.8, 4) is 10.6 Å². The Morgan fingerprint density at radius 1 is 1.16 bits per heavy atom. The van der Waals surface area contributed by atoms with Crippen LogP contribution in [-0.2, 0) is 11.3 Å². The topological polar surface area (TPSA) is 117 Å². The third-order valence-corrected chi connectivity index (χ3v) is 8.31. The van der Waals surface area contributed by atoms with Crippen LogP contribution in [0.5, 0.6) is 0 Å². The summed E-state index contributed by atoms with van der Waals surface area (Å²) in [7, 11) is 0. The molecule has 5 heterocycles. The summed E-state index contributed by atoms with van der Waals surface area (Å²) in [5.41, 5.74) is 2.65. The minimum Gasteiger partial charge on any atom is -0.341 e. The number of carbonyl (C=O) groups excluding carboxylic acids is 3. The summed E-state index contributed by atoms with van der Waals surface area (Å²) in [6.45, 7) is 4.90. The number of ketones is 1. The van der Waals surface area contributed by atoms with Crippen LogP contribution in [0, 0.1) is 5.92 Å². The summed E-state index contributed by atoms with van der Waals surface area (Å²) in [6, 6.07) is 9.58. The van der Waals surface area contributed by atoms with Gasteiger partial charge in [0.05, 0.1) is 26.0 Å². The second kappa shape index (κ2) is 11.3. The van der Waals surface area contributed by atoms with Crippen LogP contribution in [-0.4, -0.2) is 51.5 Å². The lowest BCUT2D eigenvalue weighted by atomic mass is 9.97. The fourth-order valence-corrected chi connectivity index (χ4v) is 5.96. The van der Waals surface area contributed by atoms with E-state index in [0.29, 0.717) is 29.0 Å². The average molecular weight is 535 g/mol. The van der Waals surface area contributed by atoms with Crippen LogP contribution in [0.3, 0.4) is 0 Å². The van der Waals surface area contributed by atoms with Crippen molar-refractivity contribution in [3.05, 3.63) is 63.8 Å². The van der Waals surface area contributed by atoms with Gasteiger partial charge in [-0.3, -0.25) is 24.7 Å². The van der Waals surface area contributed by atoms with Crippen molar-refractivity contribution >= 4 is 52.1 Å². The molecule has 0 unspecified atom stereocenters. The fourth-order valence-electron chi connectivity index (χ4n) is 4.36. The van der Waals surface area contributed by atoms with E-state index in [-0.39, 0.29) is 11.0 Å². The molecule has 2 aliphatic heterocycles. The van der Waals surface area contributed by atoms with E-state index in [2.05, 4.69) is 36.6 Å². The summed E-state index contributed by atoms with van der Waals surface area (Å²) in [5.74, 6) is 0.857. The Balaban J connectivity index is 1.14. The van der Waals surface area contributed by atoms with Gasteiger partial charge >= 0.3 is 0 Å². The molecule has 0 radical (unpaired) electrons. The van der Waals surface area contributed by atoms with Crippen LogP contribution in [0.15, 0.2) is 47.6 Å². The van der Waals surface area contributed by atoms with Crippen LogP contribution in [0.2, 0.25) is 0 Å². The van der Waals surface area contributed by atoms with E-state index >= 15 is 0 Å². The first-order valence-electron chi connectivity index (χ1n) is 12.0. The molecule has 0 aromatic carbocycles. The molecule has 9 nitrogen and oxygen atoms in total. The van der Waals surface area contributed by atoms with Gasteiger partial charge in [-0.15, -0.1) is 11.3 Å². The van der Waals surface area contributed by atoms with Crippen molar-refractivity contribution in [1.29, 1.82) is 0 Å². The predicted molar refractivity (Wildman–Crippen MR) is 145 cm³/mol. The lowest BCUT2D eigenvalue weighted by Crippen LogP contribution is -2.38. The Hall–Kier alpha value is -3.41. The monoisotopic (exact) mass is 534 g/mol. The molecule has 3 aromatic heterocycles. The first kappa shape index (κ1) is 25.2. The Kier molecular flexibility index (Phi) is 7.73. The smallest absolute Gasteiger partial charge is 0.290 e. The van der Waals surface area contributed by atoms with Gasteiger partial charge in [-0.2, -0.15) is 0 Å². The number of imide groups is 1. The number of amides is 2. The van der Waals surface area contributed by atoms with E-state index in [1.165, 1.54) is 11.3 Å². The number of piperidine rings is 1. The first-order valence-corrected chi connectivity index (χ1v) is 13.7. The number of nitrogens with zero attached hydrogens (tertiary/aromatic N) is 4. The van der Waals surface area contributed by atoms with Gasteiger partial charge in [-0.25, -0.2) is 9.97 Å². The highest BCUT2D eigenvalue weighted by atomic mass is 32.2. The lowest BCUT2D eigenvalue weighted by molar-refractivity contribution is -0.115. The van der Waals surface area contributed by atoms with E-state index < -0.39 is 5.91 Å². The molecule has 11 heteroatoms. The number of thiophene rings is 1. The summed E-state index contributed by atoms with van der Waals surface area (Å²) in [4.78, 5) is 52.7. The minimum absolute atomic E-state index is 0.0732. The van der Waals surface area contributed by atoms with Gasteiger partial charge in [0, 0.05) is 32.0 Å². The number of rotatable bonds is 8. The third-order valence-electron chi connectivity index (χ3n) is 6.31. The zero-order valence-corrected chi connectivity index (χ0v) is 21.9. The Morgan fingerprint density at radius 2 is 2.00 bits per heavy atom. The number of anilines is 1. The normalized spacial score (nSPS) is 17.4. The van der Waals surface area contributed by atoms with Crippen LogP contribution in [0.25, 0.3) is 16.6 Å². The quantitative estimate of drug-likeness (QED) is 0.325. The maximum atomic E-state index is 11.8. The lowest BCUT2D eigenvalue weighted by Gasteiger charge is -2.32. The first-order chi connectivity index (χ1) is 18.0. The number of Topliss-reactive ketones (excluding diaryl/α,β-unsaturated/α-hetero) is 1. The molecule has 2 amide bonds. The Labute approximate surface area is 222 Å². The molecule has 2 N–H and O–H groups in total. The standard InChI is InChI=1S/C26H26N6O3S2/c1-16(33)20-4-5-21(36-20)23-18(3-2-9-28-23)15-27-14-17-7-11-32(12-8-17)25-29-10-6-19(30-25)13-22-24(34)31-26(35)37-22/h2-6,9-10,13,17,27H,7-8,11-12,14-15H2,1H3,(H,31,34,35). The highest BCUT2D eigenvalue weighted by Gasteiger charge is 2.26. The molecule has 0 saturated carbocycles. The zero-order chi connectivity index (χ0) is 25.8. The molecule has 190 valence electrons. The van der Waals surface area contributed by atoms with Gasteiger partial charge in [0.1, 0.15) is 0 Å². The second-order valence-electron chi connectivity index (χ2n) is 8.93. The van der Waals surface area contributed by atoms with Gasteiger partial charge in [-0.05, 0) is 79.9 Å². The zero-order valence-electron chi connectivity index (χ0n) is 20.3. The van der Waals surface area contributed by atoms with E-state index in [1.807, 2.05) is 18.2 Å². The summed E-state index contributed by atoms with van der Waals surface area (Å²) in [6.07, 6.45) is 7.12. The molecule has 2 fully saturated rings. The number of thioether (sulfide) groups is 1. The van der Waals surface area contributed by atoms with Gasteiger partial charge < -0.3 is 10.2 Å². The number of carbonyl (C=O) groups is 3. The van der Waals surface area contributed by atoms with Gasteiger partial charge in [0.2, 0.25) is 5.95 Å². The van der Waals surface area contributed by atoms with Crippen LogP contribution in [0.4, 0.5) is 10.7 Å². The van der Waals surface area contributed by atoms with Crippen molar-refractivity contribution in [2.45, 2.75) is 26.3 Å². The molecule has 2 saturated heterocycles.